The third kappa shape index (κ3) is 5.70. The topological polar surface area (TPSA) is 76.4 Å². The van der Waals surface area contributed by atoms with Gasteiger partial charge >= 0.3 is 6.09 Å². The van der Waals surface area contributed by atoms with Crippen LogP contribution in [0.1, 0.15) is 26.3 Å². The van der Waals surface area contributed by atoms with Crippen molar-refractivity contribution in [2.24, 2.45) is 0 Å². The van der Waals surface area contributed by atoms with Crippen LogP contribution in [-0.4, -0.2) is 39.7 Å². The zero-order chi connectivity index (χ0) is 17.6. The number of ether oxygens (including phenoxy) is 1. The molecule has 0 spiro atoms. The average Bonchev–Trinajstić information content (AvgIpc) is 2.95. The van der Waals surface area contributed by atoms with Crippen LogP contribution in [0.25, 0.3) is 11.1 Å². The number of hydrogen-bond donors (Lipinski definition) is 2. The maximum absolute atomic E-state index is 11.6. The highest BCUT2D eigenvalue weighted by Gasteiger charge is 2.15. The fourth-order valence-electron chi connectivity index (χ4n) is 2.21. The second-order valence-electron chi connectivity index (χ2n) is 6.59. The standard InChI is InChI=1S/C18H25N3O3/c1-18(2,3)24-17(23)19-9-10-21-13-16(12-20-21)15-6-4-14(5-7-15)8-11-22/h4-7,12-13,22H,8-11H2,1-3H3,(H,19,23). The van der Waals surface area contributed by atoms with Crippen LogP contribution in [-0.2, 0) is 17.7 Å². The van der Waals surface area contributed by atoms with Crippen molar-refractivity contribution in [3.05, 3.63) is 42.2 Å². The summed E-state index contributed by atoms with van der Waals surface area (Å²) in [6.45, 7) is 6.67. The van der Waals surface area contributed by atoms with Crippen molar-refractivity contribution in [1.29, 1.82) is 0 Å². The van der Waals surface area contributed by atoms with E-state index in [0.717, 1.165) is 16.7 Å². The van der Waals surface area contributed by atoms with Crippen LogP contribution in [0.2, 0.25) is 0 Å². The number of amides is 1. The van der Waals surface area contributed by atoms with Crippen molar-refractivity contribution < 1.29 is 14.6 Å². The Bertz CT molecular complexity index is 657. The van der Waals surface area contributed by atoms with E-state index >= 15 is 0 Å². The first kappa shape index (κ1) is 18.0. The summed E-state index contributed by atoms with van der Waals surface area (Å²) < 4.78 is 6.97. The van der Waals surface area contributed by atoms with Gasteiger partial charge < -0.3 is 15.2 Å². The summed E-state index contributed by atoms with van der Waals surface area (Å²) in [5.74, 6) is 0. The molecule has 2 aromatic rings. The van der Waals surface area contributed by atoms with Crippen molar-refractivity contribution in [3.63, 3.8) is 0 Å². The minimum absolute atomic E-state index is 0.155. The van der Waals surface area contributed by atoms with E-state index in [1.807, 2.05) is 51.2 Å². The van der Waals surface area contributed by atoms with Crippen molar-refractivity contribution in [2.45, 2.75) is 39.3 Å². The molecule has 1 aromatic carbocycles. The lowest BCUT2D eigenvalue weighted by molar-refractivity contribution is 0.0525. The Kier molecular flexibility index (Phi) is 5.98. The molecule has 0 aliphatic heterocycles. The van der Waals surface area contributed by atoms with Gasteiger partial charge in [-0.25, -0.2) is 4.79 Å². The van der Waals surface area contributed by atoms with E-state index in [2.05, 4.69) is 10.4 Å². The van der Waals surface area contributed by atoms with Crippen LogP contribution in [0.15, 0.2) is 36.7 Å². The number of nitrogens with zero attached hydrogens (tertiary/aromatic N) is 2. The SMILES string of the molecule is CC(C)(C)OC(=O)NCCn1cc(-c2ccc(CCO)cc2)cn1. The fourth-order valence-corrected chi connectivity index (χ4v) is 2.21. The number of carbonyl (C=O) groups excluding carboxylic acids is 1. The van der Waals surface area contributed by atoms with Gasteiger partial charge in [0.15, 0.2) is 0 Å². The lowest BCUT2D eigenvalue weighted by atomic mass is 10.1. The second-order valence-corrected chi connectivity index (χ2v) is 6.59. The minimum atomic E-state index is -0.495. The molecule has 0 atom stereocenters. The predicted molar refractivity (Wildman–Crippen MR) is 92.7 cm³/mol. The van der Waals surface area contributed by atoms with Crippen LogP contribution >= 0.6 is 0 Å². The Hall–Kier alpha value is -2.34. The first-order chi connectivity index (χ1) is 11.4. The predicted octanol–water partition coefficient (Wildman–Crippen LogP) is 2.61. The van der Waals surface area contributed by atoms with Gasteiger partial charge in [-0.05, 0) is 38.3 Å². The van der Waals surface area contributed by atoms with E-state index in [1.165, 1.54) is 0 Å². The van der Waals surface area contributed by atoms with E-state index in [4.69, 9.17) is 9.84 Å². The second kappa shape index (κ2) is 7.97. The highest BCUT2D eigenvalue weighted by atomic mass is 16.6. The van der Waals surface area contributed by atoms with E-state index in [-0.39, 0.29) is 6.61 Å². The van der Waals surface area contributed by atoms with Crippen LogP contribution in [0, 0.1) is 0 Å². The summed E-state index contributed by atoms with van der Waals surface area (Å²) >= 11 is 0. The van der Waals surface area contributed by atoms with Crippen molar-refractivity contribution in [2.75, 3.05) is 13.2 Å². The Morgan fingerprint density at radius 3 is 2.58 bits per heavy atom. The molecule has 0 fully saturated rings. The molecule has 2 N–H and O–H groups in total. The van der Waals surface area contributed by atoms with Crippen LogP contribution in [0.4, 0.5) is 4.79 Å². The Balaban J connectivity index is 1.85. The summed E-state index contributed by atoms with van der Waals surface area (Å²) in [4.78, 5) is 11.6. The fraction of sp³-hybridized carbons (Fsp3) is 0.444. The van der Waals surface area contributed by atoms with Gasteiger partial charge in [-0.1, -0.05) is 24.3 Å². The van der Waals surface area contributed by atoms with Gasteiger partial charge in [0, 0.05) is 24.9 Å². The third-order valence-corrected chi connectivity index (χ3v) is 3.33. The molecule has 0 aliphatic carbocycles. The zero-order valence-corrected chi connectivity index (χ0v) is 14.5. The van der Waals surface area contributed by atoms with Gasteiger partial charge in [-0.15, -0.1) is 0 Å². The summed E-state index contributed by atoms with van der Waals surface area (Å²) in [5, 5.41) is 16.0. The Morgan fingerprint density at radius 1 is 1.25 bits per heavy atom. The van der Waals surface area contributed by atoms with Crippen molar-refractivity contribution in [3.8, 4) is 11.1 Å². The number of aliphatic hydroxyl groups excluding tert-OH is 1. The summed E-state index contributed by atoms with van der Waals surface area (Å²) in [7, 11) is 0. The summed E-state index contributed by atoms with van der Waals surface area (Å²) in [5.41, 5.74) is 2.70. The molecule has 0 bridgehead atoms. The molecule has 0 radical (unpaired) electrons. The monoisotopic (exact) mass is 331 g/mol. The van der Waals surface area contributed by atoms with E-state index in [9.17, 15) is 4.79 Å². The zero-order valence-electron chi connectivity index (χ0n) is 14.5. The maximum Gasteiger partial charge on any atom is 0.407 e. The van der Waals surface area contributed by atoms with Gasteiger partial charge in [0.1, 0.15) is 5.60 Å². The average molecular weight is 331 g/mol. The molecule has 1 aromatic heterocycles. The molecule has 0 aliphatic rings. The number of alkyl carbamates (subject to hydrolysis) is 1. The summed E-state index contributed by atoms with van der Waals surface area (Å²) in [6.07, 6.45) is 3.98. The number of aliphatic hydroxyl groups is 1. The first-order valence-electron chi connectivity index (χ1n) is 8.07. The number of benzene rings is 1. The van der Waals surface area contributed by atoms with Crippen LogP contribution in [0.5, 0.6) is 0 Å². The van der Waals surface area contributed by atoms with E-state index in [1.54, 1.807) is 10.9 Å². The van der Waals surface area contributed by atoms with Crippen LogP contribution in [0.3, 0.4) is 0 Å². The molecule has 6 nitrogen and oxygen atoms in total. The lowest BCUT2D eigenvalue weighted by Crippen LogP contribution is -2.34. The normalized spacial score (nSPS) is 11.3. The molecule has 0 saturated heterocycles. The molecule has 0 unspecified atom stereocenters. The van der Waals surface area contributed by atoms with Crippen LogP contribution < -0.4 is 5.32 Å². The molecular weight excluding hydrogens is 306 g/mol. The van der Waals surface area contributed by atoms with E-state index < -0.39 is 11.7 Å². The number of rotatable bonds is 6. The molecule has 24 heavy (non-hydrogen) atoms. The molecule has 130 valence electrons. The van der Waals surface area contributed by atoms with Gasteiger partial charge in [0.25, 0.3) is 0 Å². The van der Waals surface area contributed by atoms with Gasteiger partial charge in [0.05, 0.1) is 12.7 Å². The molecule has 1 heterocycles. The lowest BCUT2D eigenvalue weighted by Gasteiger charge is -2.19. The Labute approximate surface area is 142 Å². The molecule has 1 amide bonds. The highest BCUT2D eigenvalue weighted by molar-refractivity contribution is 5.67. The van der Waals surface area contributed by atoms with E-state index in [0.29, 0.717) is 19.5 Å². The van der Waals surface area contributed by atoms with Gasteiger partial charge in [-0.2, -0.15) is 5.10 Å². The van der Waals surface area contributed by atoms with Crippen molar-refractivity contribution in [1.82, 2.24) is 15.1 Å². The molecular formula is C18H25N3O3. The molecule has 6 heteroatoms. The number of carbonyl (C=O) groups is 1. The maximum atomic E-state index is 11.6. The largest absolute Gasteiger partial charge is 0.444 e. The number of nitrogens with one attached hydrogen (secondary N) is 1. The third-order valence-electron chi connectivity index (χ3n) is 3.33. The number of hydrogen-bond acceptors (Lipinski definition) is 4. The minimum Gasteiger partial charge on any atom is -0.444 e. The molecule has 0 saturated carbocycles. The quantitative estimate of drug-likeness (QED) is 0.853. The first-order valence-corrected chi connectivity index (χ1v) is 8.07. The Morgan fingerprint density at radius 2 is 1.96 bits per heavy atom. The highest BCUT2D eigenvalue weighted by Crippen LogP contribution is 2.19. The molecule has 2 rings (SSSR count). The van der Waals surface area contributed by atoms with Crippen molar-refractivity contribution >= 4 is 6.09 Å². The van der Waals surface area contributed by atoms with Gasteiger partial charge in [-0.3, -0.25) is 4.68 Å². The smallest absolute Gasteiger partial charge is 0.407 e. The van der Waals surface area contributed by atoms with Gasteiger partial charge in [0.2, 0.25) is 0 Å². The number of aromatic nitrogens is 2. The summed E-state index contributed by atoms with van der Waals surface area (Å²) in [6, 6.07) is 8.05.